The summed E-state index contributed by atoms with van der Waals surface area (Å²) in [5, 5.41) is 14.6. The van der Waals surface area contributed by atoms with Crippen LogP contribution in [0.1, 0.15) is 48.0 Å². The molecule has 2 N–H and O–H groups in total. The van der Waals surface area contributed by atoms with Gasteiger partial charge in [0.15, 0.2) is 0 Å². The van der Waals surface area contributed by atoms with Crippen molar-refractivity contribution in [2.75, 3.05) is 0 Å². The Kier molecular flexibility index (Phi) is 3.88. The van der Waals surface area contributed by atoms with Crippen LogP contribution in [0.2, 0.25) is 0 Å². The number of carbonyl (C=O) groups excluding carboxylic acids is 1. The lowest BCUT2D eigenvalue weighted by atomic mass is 9.94. The average molecular weight is 354 g/mol. The van der Waals surface area contributed by atoms with E-state index in [4.69, 9.17) is 0 Å². The molecule has 1 aliphatic rings. The minimum atomic E-state index is -0.443. The Hall–Kier alpha value is 0.120. The summed E-state index contributed by atoms with van der Waals surface area (Å²) in [7, 11) is 0. The van der Waals surface area contributed by atoms with Crippen molar-refractivity contribution in [1.82, 2.24) is 10.4 Å². The number of rotatable bonds is 2. The minimum Gasteiger partial charge on any atom is -0.350 e. The van der Waals surface area contributed by atoms with E-state index in [2.05, 4.69) is 27.9 Å². The lowest BCUT2D eigenvalue weighted by Gasteiger charge is -2.36. The van der Waals surface area contributed by atoms with Crippen LogP contribution in [0.4, 0.5) is 0 Å². The third kappa shape index (κ3) is 2.93. The number of hydrogen-bond acceptors (Lipinski definition) is 3. The second kappa shape index (κ2) is 4.35. The van der Waals surface area contributed by atoms with Crippen LogP contribution in [0, 0.1) is 0 Å². The Bertz CT molecular complexity index is 321. The van der Waals surface area contributed by atoms with E-state index in [1.54, 1.807) is 0 Å². The van der Waals surface area contributed by atoms with Gasteiger partial charge in [0, 0.05) is 5.54 Å². The lowest BCUT2D eigenvalue weighted by Crippen LogP contribution is -2.55. The van der Waals surface area contributed by atoms with Crippen LogP contribution in [0.5, 0.6) is 0 Å². The molecule has 0 aromatic carbocycles. The van der Waals surface area contributed by atoms with E-state index in [1.807, 2.05) is 41.5 Å². The summed E-state index contributed by atoms with van der Waals surface area (Å²) in [6, 6.07) is -0.0379. The van der Waals surface area contributed by atoms with Crippen LogP contribution in [-0.2, 0) is 4.79 Å². The molecule has 100 valence electrons. The third-order valence-corrected chi connectivity index (χ3v) is 4.01. The maximum atomic E-state index is 12.0. The van der Waals surface area contributed by atoms with Gasteiger partial charge in [-0.3, -0.25) is 4.79 Å². The molecular weight excluding hydrogens is 331 g/mol. The molecule has 0 aromatic heterocycles. The monoisotopic (exact) mass is 354 g/mol. The number of halogens is 1. The van der Waals surface area contributed by atoms with Gasteiger partial charge in [-0.15, -0.1) is 0 Å². The Labute approximate surface area is 117 Å². The van der Waals surface area contributed by atoms with Crippen LogP contribution < -0.4 is 5.32 Å². The normalized spacial score (nSPS) is 28.1. The molecule has 1 amide bonds. The molecule has 0 saturated carbocycles. The molecule has 0 aromatic rings. The molecular formula is C12H23IN2O2. The van der Waals surface area contributed by atoms with E-state index in [-0.39, 0.29) is 17.5 Å². The highest BCUT2D eigenvalue weighted by molar-refractivity contribution is 14.1. The number of hydroxylamine groups is 2. The topological polar surface area (TPSA) is 52.6 Å². The van der Waals surface area contributed by atoms with Gasteiger partial charge >= 0.3 is 0 Å². The first kappa shape index (κ1) is 15.2. The van der Waals surface area contributed by atoms with Crippen LogP contribution in [0.3, 0.4) is 0 Å². The van der Waals surface area contributed by atoms with Crippen molar-refractivity contribution in [3.8, 4) is 0 Å². The van der Waals surface area contributed by atoms with Gasteiger partial charge in [-0.05, 0) is 48.0 Å². The maximum absolute atomic E-state index is 12.0. The summed E-state index contributed by atoms with van der Waals surface area (Å²) in [5.74, 6) is 0.0160. The molecule has 0 radical (unpaired) electrons. The largest absolute Gasteiger partial charge is 0.350 e. The smallest absolute Gasteiger partial charge is 0.235 e. The van der Waals surface area contributed by atoms with Gasteiger partial charge in [-0.1, -0.05) is 22.6 Å². The van der Waals surface area contributed by atoms with E-state index >= 15 is 0 Å². The number of alkyl halides is 1. The van der Waals surface area contributed by atoms with Crippen LogP contribution in [0.15, 0.2) is 0 Å². The summed E-state index contributed by atoms with van der Waals surface area (Å²) < 4.78 is -0.430. The molecule has 0 aliphatic carbocycles. The van der Waals surface area contributed by atoms with Gasteiger partial charge in [0.1, 0.15) is 0 Å². The van der Waals surface area contributed by atoms with Crippen LogP contribution >= 0.6 is 22.6 Å². The molecule has 1 heterocycles. The second-order valence-electron chi connectivity index (χ2n) is 6.48. The van der Waals surface area contributed by atoms with Crippen molar-refractivity contribution in [2.24, 2.45) is 0 Å². The summed E-state index contributed by atoms with van der Waals surface area (Å²) in [6.07, 6.45) is 0.745. The van der Waals surface area contributed by atoms with Gasteiger partial charge in [0.05, 0.1) is 15.0 Å². The molecule has 17 heavy (non-hydrogen) atoms. The van der Waals surface area contributed by atoms with E-state index in [0.29, 0.717) is 0 Å². The molecule has 1 rings (SSSR count). The van der Waals surface area contributed by atoms with Gasteiger partial charge in [-0.25, -0.2) is 0 Å². The zero-order valence-electron chi connectivity index (χ0n) is 11.5. The molecule has 0 bridgehead atoms. The number of carbonyl (C=O) groups is 1. The highest BCUT2D eigenvalue weighted by Gasteiger charge is 2.52. The second-order valence-corrected chi connectivity index (χ2v) is 9.18. The average Bonchev–Trinajstić information content (AvgIpc) is 2.26. The quantitative estimate of drug-likeness (QED) is 0.591. The highest BCUT2D eigenvalue weighted by atomic mass is 127. The first-order chi connectivity index (χ1) is 7.39. The Morgan fingerprint density at radius 2 is 1.88 bits per heavy atom. The minimum absolute atomic E-state index is 0.0160. The zero-order chi connectivity index (χ0) is 13.6. The molecule has 1 aliphatic heterocycles. The van der Waals surface area contributed by atoms with Crippen molar-refractivity contribution < 1.29 is 10.0 Å². The first-order valence-electron chi connectivity index (χ1n) is 5.88. The van der Waals surface area contributed by atoms with Gasteiger partial charge in [-0.2, -0.15) is 5.06 Å². The summed E-state index contributed by atoms with van der Waals surface area (Å²) in [6.45, 7) is 11.6. The molecule has 5 heteroatoms. The van der Waals surface area contributed by atoms with Crippen LogP contribution in [-0.4, -0.2) is 36.7 Å². The third-order valence-electron chi connectivity index (χ3n) is 3.52. The fourth-order valence-electron chi connectivity index (χ4n) is 2.32. The highest BCUT2D eigenvalue weighted by Crippen LogP contribution is 2.39. The number of amides is 1. The molecule has 1 fully saturated rings. The van der Waals surface area contributed by atoms with Crippen molar-refractivity contribution in [3.05, 3.63) is 0 Å². The Morgan fingerprint density at radius 1 is 1.41 bits per heavy atom. The molecule has 1 saturated heterocycles. The van der Waals surface area contributed by atoms with E-state index in [9.17, 15) is 10.0 Å². The fraction of sp³-hybridized carbons (Fsp3) is 0.917. The Balaban J connectivity index is 2.84. The first-order valence-corrected chi connectivity index (χ1v) is 6.96. The SMILES string of the molecule is CC(C)(I)C(=O)NC1CC(C)(C)N(O)C1(C)C. The van der Waals surface area contributed by atoms with Crippen molar-refractivity contribution in [2.45, 2.75) is 68.5 Å². The van der Waals surface area contributed by atoms with Gasteiger partial charge in [0.25, 0.3) is 0 Å². The summed E-state index contributed by atoms with van der Waals surface area (Å²) in [5.41, 5.74) is -0.752. The predicted octanol–water partition coefficient (Wildman–Crippen LogP) is 2.34. The summed E-state index contributed by atoms with van der Waals surface area (Å²) >= 11 is 2.13. The maximum Gasteiger partial charge on any atom is 0.235 e. The molecule has 4 nitrogen and oxygen atoms in total. The standard InChI is InChI=1S/C12H23IN2O2/c1-10(2)7-8(12(5,6)15(10)17)14-9(16)11(3,4)13/h8,17H,7H2,1-6H3,(H,14,16). The number of nitrogens with zero attached hydrogens (tertiary/aromatic N) is 1. The van der Waals surface area contributed by atoms with Crippen molar-refractivity contribution in [1.29, 1.82) is 0 Å². The van der Waals surface area contributed by atoms with Crippen LogP contribution in [0.25, 0.3) is 0 Å². The fourth-order valence-corrected chi connectivity index (χ4v) is 2.48. The van der Waals surface area contributed by atoms with E-state index < -0.39 is 8.96 Å². The van der Waals surface area contributed by atoms with E-state index in [1.165, 1.54) is 5.06 Å². The Morgan fingerprint density at radius 3 is 2.18 bits per heavy atom. The summed E-state index contributed by atoms with van der Waals surface area (Å²) in [4.78, 5) is 12.0. The van der Waals surface area contributed by atoms with Gasteiger partial charge < -0.3 is 10.5 Å². The van der Waals surface area contributed by atoms with E-state index in [0.717, 1.165) is 6.42 Å². The van der Waals surface area contributed by atoms with Gasteiger partial charge in [0.2, 0.25) is 5.91 Å². The van der Waals surface area contributed by atoms with Crippen molar-refractivity contribution >= 4 is 28.5 Å². The molecule has 1 atom stereocenters. The lowest BCUT2D eigenvalue weighted by molar-refractivity contribution is -0.194. The molecule has 1 unspecified atom stereocenters. The number of nitrogens with one attached hydrogen (secondary N) is 1. The number of hydrogen-bond donors (Lipinski definition) is 2. The predicted molar refractivity (Wildman–Crippen MR) is 76.4 cm³/mol. The van der Waals surface area contributed by atoms with Crippen molar-refractivity contribution in [3.63, 3.8) is 0 Å². The molecule has 0 spiro atoms. The zero-order valence-corrected chi connectivity index (χ0v) is 13.6.